The molecule has 0 aliphatic heterocycles. The van der Waals surface area contributed by atoms with Crippen molar-refractivity contribution in [3.63, 3.8) is 0 Å². The van der Waals surface area contributed by atoms with Crippen molar-refractivity contribution in [2.24, 2.45) is 71.0 Å². The van der Waals surface area contributed by atoms with Crippen molar-refractivity contribution in [1.29, 1.82) is 0 Å². The topological polar surface area (TPSA) is 0 Å². The van der Waals surface area contributed by atoms with Gasteiger partial charge >= 0.3 is 26.2 Å². The third-order valence-electron chi connectivity index (χ3n) is 16.1. The van der Waals surface area contributed by atoms with Crippen molar-refractivity contribution in [1.82, 2.24) is 0 Å². The molecule has 0 bridgehead atoms. The normalized spacial score (nSPS) is 33.7. The quantitative estimate of drug-likeness (QED) is 0.209. The van der Waals surface area contributed by atoms with Gasteiger partial charge in [0, 0.05) is 0 Å². The molecule has 2 aromatic rings. The van der Waals surface area contributed by atoms with Gasteiger partial charge in [-0.3, -0.25) is 0 Å². The molecule has 0 radical (unpaired) electrons. The van der Waals surface area contributed by atoms with Gasteiger partial charge in [0.05, 0.1) is 0 Å². The Balaban J connectivity index is 0.00000125. The smallest absolute Gasteiger partial charge is 1.00 e. The molecule has 0 saturated heterocycles. The Morgan fingerprint density at radius 3 is 1.30 bits per heavy atom. The average Bonchev–Trinajstić information content (AvgIpc) is 3.79. The van der Waals surface area contributed by atoms with Crippen LogP contribution in [-0.2, 0) is 32.6 Å². The summed E-state index contributed by atoms with van der Waals surface area (Å²) < 4.78 is 0. The molecule has 2 aromatic carbocycles. The molecule has 0 spiro atoms. The Bertz CT molecular complexity index is 1250. The molecule has 12 atom stereocenters. The first kappa shape index (κ1) is 52.3. The predicted octanol–water partition coefficient (Wildman–Crippen LogP) is 10.5. The summed E-state index contributed by atoms with van der Waals surface area (Å²) in [5.41, 5.74) is 10.1. The minimum absolute atomic E-state index is 0. The monoisotopic (exact) mass is 885 g/mol. The number of rotatable bonds is 10. The third kappa shape index (κ3) is 12.2. The minimum Gasteiger partial charge on any atom is -1.00 e. The Morgan fingerprint density at radius 1 is 0.536 bits per heavy atom. The van der Waals surface area contributed by atoms with Gasteiger partial charge in [0.2, 0.25) is 0 Å². The summed E-state index contributed by atoms with van der Waals surface area (Å²) in [5.74, 6) is 12.9. The summed E-state index contributed by atoms with van der Waals surface area (Å²) in [6.45, 7) is 33.7. The van der Waals surface area contributed by atoms with E-state index in [0.29, 0.717) is 0 Å². The van der Waals surface area contributed by atoms with E-state index in [1.54, 1.807) is 0 Å². The van der Waals surface area contributed by atoms with Crippen LogP contribution in [0.4, 0.5) is 0 Å². The number of hydrogen-bond donors (Lipinski definition) is 0. The second kappa shape index (κ2) is 24.0. The summed E-state index contributed by atoms with van der Waals surface area (Å²) in [5, 5.41) is 0. The van der Waals surface area contributed by atoms with Crippen LogP contribution < -0.4 is 24.8 Å². The molecule has 0 amide bonds. The molecule has 0 N–H and O–H groups in total. The molecule has 4 fully saturated rings. The molecule has 4 aliphatic rings. The largest absolute Gasteiger partial charge is 4.00 e. The molecule has 12 unspecified atom stereocenters. The van der Waals surface area contributed by atoms with Crippen molar-refractivity contribution < 1.29 is 51.0 Å². The first-order chi connectivity index (χ1) is 25.2. The van der Waals surface area contributed by atoms with Crippen LogP contribution in [0.1, 0.15) is 225 Å². The first-order valence-corrected chi connectivity index (χ1v) is 23.8. The van der Waals surface area contributed by atoms with Gasteiger partial charge in [0.1, 0.15) is 0 Å². The van der Waals surface area contributed by atoms with E-state index in [9.17, 15) is 0 Å². The summed E-state index contributed by atoms with van der Waals surface area (Å²) in [7, 11) is 0. The molecule has 0 heterocycles. The van der Waals surface area contributed by atoms with E-state index in [0.717, 1.165) is 94.7 Å². The van der Waals surface area contributed by atoms with Gasteiger partial charge in [-0.1, -0.05) is 185 Å². The zero-order chi connectivity index (χ0) is 38.6. The molecule has 56 heavy (non-hydrogen) atoms. The molecular weight excluding hydrogens is 799 g/mol. The SMILES string of the molecule is CCCc1c(C2CC(C)CCC2C(C)C)c(C2CC(C)CCC2C(C)C)c(C2CC(C)CCC2C(C)C)[c-]1C1CC(C)CCC1C(C)C.[Cl-].[Cl-].[Zr+4].c1cc[cH-]c1. The van der Waals surface area contributed by atoms with Gasteiger partial charge in [0.25, 0.3) is 0 Å². The molecule has 0 aromatic heterocycles. The Morgan fingerprint density at radius 2 is 0.911 bits per heavy atom. The van der Waals surface area contributed by atoms with Crippen molar-refractivity contribution in [2.45, 2.75) is 204 Å². The number of halogens is 2. The van der Waals surface area contributed by atoms with Crippen LogP contribution in [0.25, 0.3) is 0 Å². The molecular formula is C53H88Cl2Zr. The first-order valence-electron chi connectivity index (χ1n) is 23.8. The maximum atomic E-state index is 2.62. The molecule has 4 saturated carbocycles. The van der Waals surface area contributed by atoms with Crippen LogP contribution in [-0.4, -0.2) is 0 Å². The van der Waals surface area contributed by atoms with Crippen LogP contribution in [0.5, 0.6) is 0 Å². The van der Waals surface area contributed by atoms with Crippen molar-refractivity contribution >= 4 is 0 Å². The maximum absolute atomic E-state index is 2.62. The van der Waals surface area contributed by atoms with Crippen LogP contribution in [0, 0.1) is 71.0 Å². The van der Waals surface area contributed by atoms with Crippen LogP contribution in [0.2, 0.25) is 0 Å². The van der Waals surface area contributed by atoms with E-state index in [1.165, 1.54) is 89.9 Å². The van der Waals surface area contributed by atoms with Crippen molar-refractivity contribution in [2.75, 3.05) is 0 Å². The van der Waals surface area contributed by atoms with E-state index in [4.69, 9.17) is 0 Å². The van der Waals surface area contributed by atoms with Crippen LogP contribution >= 0.6 is 0 Å². The molecule has 318 valence electrons. The fourth-order valence-corrected chi connectivity index (χ4v) is 13.4. The predicted molar refractivity (Wildman–Crippen MR) is 234 cm³/mol. The average molecular weight is 887 g/mol. The number of hydrogen-bond acceptors (Lipinski definition) is 0. The Kier molecular flexibility index (Phi) is 22.4. The summed E-state index contributed by atoms with van der Waals surface area (Å²) in [4.78, 5) is 0. The van der Waals surface area contributed by atoms with Crippen LogP contribution in [0.3, 0.4) is 0 Å². The van der Waals surface area contributed by atoms with Gasteiger partial charge in [-0.2, -0.15) is 40.5 Å². The van der Waals surface area contributed by atoms with E-state index >= 15 is 0 Å². The standard InChI is InChI=1S/C48H83.C5H5.2ClH.Zr/c1-14-15-40-45(41-24-32(10)16-20-36(41)28(2)3)47(43-26-34(12)18-22-38(43)30(6)7)48(44-27-35(13)19-23-39(44)31(8)9)46(40)42-25-33(11)17-21-37(42)29(4)5;1-2-4-5-3-1;;;/h28-39,41-44H,14-27H2,1-13H3;1-5H;2*1H;/q2*-1;;;+4/p-2. The fraction of sp³-hybridized carbons (Fsp3) is 0.811. The molecule has 4 aliphatic carbocycles. The van der Waals surface area contributed by atoms with Gasteiger partial charge in [-0.15, -0.1) is 5.56 Å². The van der Waals surface area contributed by atoms with Crippen molar-refractivity contribution in [3.05, 3.63) is 58.1 Å². The summed E-state index contributed by atoms with van der Waals surface area (Å²) in [6, 6.07) is 10.0. The van der Waals surface area contributed by atoms with Gasteiger partial charge in [0.15, 0.2) is 0 Å². The van der Waals surface area contributed by atoms with Crippen LogP contribution in [0.15, 0.2) is 30.3 Å². The Hall–Kier alpha value is 0.163. The van der Waals surface area contributed by atoms with Gasteiger partial charge in [-0.05, 0) is 89.8 Å². The second-order valence-electron chi connectivity index (χ2n) is 21.6. The Labute approximate surface area is 381 Å². The van der Waals surface area contributed by atoms with E-state index in [1.807, 2.05) is 58.1 Å². The summed E-state index contributed by atoms with van der Waals surface area (Å²) in [6.07, 6.45) is 19.9. The second-order valence-corrected chi connectivity index (χ2v) is 21.6. The minimum atomic E-state index is 0. The van der Waals surface area contributed by atoms with Gasteiger partial charge < -0.3 is 24.8 Å². The fourth-order valence-electron chi connectivity index (χ4n) is 13.4. The zero-order valence-corrected chi connectivity index (χ0v) is 42.7. The molecule has 3 heteroatoms. The van der Waals surface area contributed by atoms with E-state index in [2.05, 4.69) is 90.0 Å². The molecule has 0 nitrogen and oxygen atoms in total. The van der Waals surface area contributed by atoms with E-state index < -0.39 is 0 Å². The summed E-state index contributed by atoms with van der Waals surface area (Å²) >= 11 is 0. The molecule has 6 rings (SSSR count). The zero-order valence-electron chi connectivity index (χ0n) is 38.8. The van der Waals surface area contributed by atoms with Crippen molar-refractivity contribution in [3.8, 4) is 0 Å². The third-order valence-corrected chi connectivity index (χ3v) is 16.1. The van der Waals surface area contributed by atoms with E-state index in [-0.39, 0.29) is 51.0 Å². The maximum Gasteiger partial charge on any atom is 4.00 e. The van der Waals surface area contributed by atoms with Gasteiger partial charge in [-0.25, -0.2) is 12.1 Å².